The van der Waals surface area contributed by atoms with E-state index in [9.17, 15) is 38.5 Å². The van der Waals surface area contributed by atoms with Crippen molar-refractivity contribution in [3.05, 3.63) is 78.0 Å². The molecule has 1 aromatic heterocycles. The highest BCUT2D eigenvalue weighted by molar-refractivity contribution is 7.90. The lowest BCUT2D eigenvalue weighted by Gasteiger charge is -2.17. The van der Waals surface area contributed by atoms with Crippen molar-refractivity contribution in [3.63, 3.8) is 0 Å². The van der Waals surface area contributed by atoms with Gasteiger partial charge in [0.25, 0.3) is 5.69 Å². The van der Waals surface area contributed by atoms with Gasteiger partial charge in [-0.3, -0.25) is 25.0 Å². The number of aromatic hydroxyl groups is 1. The molecule has 16 heteroatoms. The molecule has 0 bridgehead atoms. The SMILES string of the molecule is CCC(CC)Nc1c([N+](=O)[O-])cc(C)c(C)c1[N+](=O)[O-].Cc1c(C(=O)c2cnn(C)c2O)ccc(S(C)(=O)=O)c1C1=NOCC1. The number of hydrogen-bond acceptors (Lipinski definition) is 12. The van der Waals surface area contributed by atoms with Gasteiger partial charge in [0.1, 0.15) is 12.2 Å². The van der Waals surface area contributed by atoms with Gasteiger partial charge in [-0.2, -0.15) is 5.10 Å². The van der Waals surface area contributed by atoms with Crippen molar-refractivity contribution >= 4 is 38.4 Å². The first-order valence-corrected chi connectivity index (χ1v) is 15.9. The summed E-state index contributed by atoms with van der Waals surface area (Å²) in [6.07, 6.45) is 4.31. The number of anilines is 1. The fraction of sp³-hybridized carbons (Fsp3) is 0.414. The molecule has 0 fully saturated rings. The molecule has 1 aliphatic heterocycles. The largest absolute Gasteiger partial charge is 0.493 e. The Morgan fingerprint density at radius 1 is 1.11 bits per heavy atom. The first-order chi connectivity index (χ1) is 21.0. The van der Waals surface area contributed by atoms with Crippen LogP contribution in [0.2, 0.25) is 0 Å². The number of benzene rings is 2. The Morgan fingerprint density at radius 3 is 2.22 bits per heavy atom. The molecule has 0 radical (unpaired) electrons. The molecule has 0 atom stereocenters. The summed E-state index contributed by atoms with van der Waals surface area (Å²) in [4.78, 5) is 39.2. The van der Waals surface area contributed by atoms with Crippen LogP contribution in [0.3, 0.4) is 0 Å². The molecule has 0 amide bonds. The summed E-state index contributed by atoms with van der Waals surface area (Å²) < 4.78 is 25.5. The molecule has 0 aliphatic carbocycles. The van der Waals surface area contributed by atoms with Crippen molar-refractivity contribution in [1.82, 2.24) is 9.78 Å². The topological polar surface area (TPSA) is 209 Å². The number of rotatable bonds is 10. The maximum Gasteiger partial charge on any atom is 0.302 e. The predicted molar refractivity (Wildman–Crippen MR) is 167 cm³/mol. The van der Waals surface area contributed by atoms with Crippen molar-refractivity contribution in [2.45, 2.75) is 64.8 Å². The number of nitrogens with one attached hydrogen (secondary N) is 1. The van der Waals surface area contributed by atoms with Gasteiger partial charge >= 0.3 is 5.69 Å². The molecule has 242 valence electrons. The molecule has 3 aromatic rings. The highest BCUT2D eigenvalue weighted by atomic mass is 32.2. The number of nitro benzene ring substituents is 2. The number of hydrogen-bond donors (Lipinski definition) is 2. The van der Waals surface area contributed by atoms with Crippen LogP contribution in [0.1, 0.15) is 71.3 Å². The number of ketones is 1. The molecule has 0 saturated carbocycles. The summed E-state index contributed by atoms with van der Waals surface area (Å²) in [5.74, 6) is -0.691. The predicted octanol–water partition coefficient (Wildman–Crippen LogP) is 4.91. The van der Waals surface area contributed by atoms with E-state index in [-0.39, 0.29) is 45.0 Å². The van der Waals surface area contributed by atoms with E-state index in [0.717, 1.165) is 19.1 Å². The van der Waals surface area contributed by atoms with Gasteiger partial charge in [0.05, 0.1) is 26.7 Å². The minimum atomic E-state index is -3.52. The van der Waals surface area contributed by atoms with Crippen molar-refractivity contribution < 1.29 is 33.0 Å². The van der Waals surface area contributed by atoms with Gasteiger partial charge in [-0.05, 0) is 56.9 Å². The van der Waals surface area contributed by atoms with Gasteiger partial charge in [-0.15, -0.1) is 0 Å². The third-order valence-electron chi connectivity index (χ3n) is 7.62. The van der Waals surface area contributed by atoms with Gasteiger partial charge in [-0.1, -0.05) is 19.0 Å². The zero-order valence-electron chi connectivity index (χ0n) is 26.1. The number of oxime groups is 1. The van der Waals surface area contributed by atoms with Gasteiger partial charge in [0, 0.05) is 48.5 Å². The number of nitro groups is 2. The number of sulfone groups is 1. The van der Waals surface area contributed by atoms with Crippen molar-refractivity contribution in [1.29, 1.82) is 0 Å². The maximum atomic E-state index is 12.8. The van der Waals surface area contributed by atoms with Gasteiger partial charge < -0.3 is 15.3 Å². The molecule has 2 N–H and O–H groups in total. The average molecular weight is 645 g/mol. The van der Waals surface area contributed by atoms with Crippen LogP contribution in [-0.4, -0.2) is 63.6 Å². The normalized spacial score (nSPS) is 12.7. The molecule has 2 aromatic carbocycles. The van der Waals surface area contributed by atoms with Crippen LogP contribution in [0, 0.1) is 41.0 Å². The summed E-state index contributed by atoms with van der Waals surface area (Å²) in [6.45, 7) is 9.12. The summed E-state index contributed by atoms with van der Waals surface area (Å²) in [5, 5.41) is 43.1. The number of aromatic nitrogens is 2. The minimum Gasteiger partial charge on any atom is -0.493 e. The number of nitrogens with zero attached hydrogens (tertiary/aromatic N) is 5. The Hall–Kier alpha value is -4.86. The molecule has 15 nitrogen and oxygen atoms in total. The summed E-state index contributed by atoms with van der Waals surface area (Å²) in [7, 11) is -2.00. The Morgan fingerprint density at radius 2 is 1.76 bits per heavy atom. The molecule has 0 unspecified atom stereocenters. The lowest BCUT2D eigenvalue weighted by molar-refractivity contribution is -0.392. The fourth-order valence-electron chi connectivity index (χ4n) is 4.91. The first kappa shape index (κ1) is 34.6. The average Bonchev–Trinajstić information content (AvgIpc) is 3.62. The highest BCUT2D eigenvalue weighted by Gasteiger charge is 2.30. The number of carbonyl (C=O) groups excluding carboxylic acids is 1. The molecule has 0 saturated heterocycles. The summed E-state index contributed by atoms with van der Waals surface area (Å²) >= 11 is 0. The third-order valence-corrected chi connectivity index (χ3v) is 8.76. The Kier molecular flexibility index (Phi) is 10.6. The van der Waals surface area contributed by atoms with Crippen LogP contribution in [0.15, 0.2) is 34.4 Å². The second-order valence-electron chi connectivity index (χ2n) is 10.6. The van der Waals surface area contributed by atoms with Crippen molar-refractivity contribution in [2.24, 2.45) is 12.2 Å². The van der Waals surface area contributed by atoms with Gasteiger partial charge in [0.15, 0.2) is 21.3 Å². The van der Waals surface area contributed by atoms with E-state index < -0.39 is 25.5 Å². The molecular weight excluding hydrogens is 608 g/mol. The van der Waals surface area contributed by atoms with Crippen LogP contribution >= 0.6 is 0 Å². The van der Waals surface area contributed by atoms with Crippen molar-refractivity contribution in [3.8, 4) is 5.88 Å². The van der Waals surface area contributed by atoms with E-state index in [2.05, 4.69) is 15.6 Å². The van der Waals surface area contributed by atoms with E-state index in [1.54, 1.807) is 20.8 Å². The van der Waals surface area contributed by atoms with E-state index in [0.29, 0.717) is 41.0 Å². The lowest BCUT2D eigenvalue weighted by Crippen LogP contribution is -2.19. The van der Waals surface area contributed by atoms with E-state index in [1.807, 2.05) is 13.8 Å². The maximum absolute atomic E-state index is 12.8. The standard InChI is InChI=1S/C16H17N3O5S.C13H19N3O4/c1-9-10(15(20)11-8-17-19(2)16(11)21)4-5-13(25(3,22)23)14(9)12-6-7-24-18-12;1-5-10(6-2)14-12-11(15(17)18)7-8(3)9(4)13(12)16(19)20/h4-5,8,21H,6-7H2,1-3H3;7,10,14H,5-6H2,1-4H3. The first-order valence-electron chi connectivity index (χ1n) is 14.0. The minimum absolute atomic E-state index is 0.0109. The second kappa shape index (κ2) is 13.8. The van der Waals surface area contributed by atoms with E-state index in [4.69, 9.17) is 4.84 Å². The molecule has 4 rings (SSSR count). The number of carbonyl (C=O) groups is 1. The molecule has 45 heavy (non-hydrogen) atoms. The molecular formula is C29H36N6O9S. The Bertz CT molecular complexity index is 1790. The summed E-state index contributed by atoms with van der Waals surface area (Å²) in [6, 6.07) is 4.18. The number of aryl methyl sites for hydroxylation is 2. The van der Waals surface area contributed by atoms with Crippen LogP contribution in [0.4, 0.5) is 17.1 Å². The summed E-state index contributed by atoms with van der Waals surface area (Å²) in [5.41, 5.74) is 2.23. The van der Waals surface area contributed by atoms with E-state index >= 15 is 0 Å². The molecule has 0 spiro atoms. The monoisotopic (exact) mass is 644 g/mol. The molecule has 2 heterocycles. The second-order valence-corrected chi connectivity index (χ2v) is 12.6. The zero-order chi connectivity index (χ0) is 33.8. The van der Waals surface area contributed by atoms with Crippen LogP contribution < -0.4 is 5.32 Å². The van der Waals surface area contributed by atoms with E-state index in [1.165, 1.54) is 36.1 Å². The van der Waals surface area contributed by atoms with Crippen LogP contribution in [-0.2, 0) is 21.7 Å². The smallest absolute Gasteiger partial charge is 0.302 e. The highest BCUT2D eigenvalue weighted by Crippen LogP contribution is 2.39. The zero-order valence-corrected chi connectivity index (χ0v) is 26.9. The third kappa shape index (κ3) is 7.28. The Labute approximate surface area is 260 Å². The quantitative estimate of drug-likeness (QED) is 0.172. The Balaban J connectivity index is 0.000000253. The molecule has 1 aliphatic rings. The van der Waals surface area contributed by atoms with Gasteiger partial charge in [-0.25, -0.2) is 13.1 Å². The van der Waals surface area contributed by atoms with Crippen LogP contribution in [0.25, 0.3) is 0 Å². The van der Waals surface area contributed by atoms with Crippen LogP contribution in [0.5, 0.6) is 5.88 Å². The fourth-order valence-corrected chi connectivity index (χ4v) is 5.87. The lowest BCUT2D eigenvalue weighted by atomic mass is 9.93. The van der Waals surface area contributed by atoms with Crippen molar-refractivity contribution in [2.75, 3.05) is 18.2 Å². The van der Waals surface area contributed by atoms with Gasteiger partial charge in [0.2, 0.25) is 5.88 Å².